The Labute approximate surface area is 396 Å². The highest BCUT2D eigenvalue weighted by Gasteiger charge is 2.31. The van der Waals surface area contributed by atoms with Crippen molar-refractivity contribution in [3.05, 3.63) is 24.3 Å². The maximum Gasteiger partial charge on any atom is 0.472 e. The summed E-state index contributed by atoms with van der Waals surface area (Å²) in [5.41, 5.74) is 0. The number of esters is 2. The molecule has 9 nitrogen and oxygen atoms in total. The Morgan fingerprint density at radius 1 is 0.484 bits per heavy atom. The van der Waals surface area contributed by atoms with Crippen LogP contribution in [-0.4, -0.2) is 74.4 Å². The minimum absolute atomic E-state index is 0.231. The third-order valence-corrected chi connectivity index (χ3v) is 13.0. The molecule has 10 heteroatoms. The average molecular weight is 927 g/mol. The number of rotatable bonds is 49. The Kier molecular flexibility index (Phi) is 44.2. The largest absolute Gasteiger partial charge is 0.472 e. The molecule has 0 saturated heterocycles. The zero-order valence-corrected chi connectivity index (χ0v) is 43.8. The summed E-state index contributed by atoms with van der Waals surface area (Å²) in [5, 5.41) is 0. The predicted octanol–water partition coefficient (Wildman–Crippen LogP) is 16.3. The smallest absolute Gasteiger partial charge is 0.462 e. The van der Waals surface area contributed by atoms with Crippen LogP contribution in [0.25, 0.3) is 0 Å². The van der Waals surface area contributed by atoms with Crippen LogP contribution in [-0.2, 0) is 32.7 Å². The van der Waals surface area contributed by atoms with Gasteiger partial charge in [-0.2, -0.15) is 0 Å². The molecule has 2 unspecified atom stereocenters. The second kappa shape index (κ2) is 45.3. The van der Waals surface area contributed by atoms with Crippen molar-refractivity contribution in [3.63, 3.8) is 0 Å². The minimum atomic E-state index is -4.45. The standard InChI is InChI=1S/C54H104NO8P/c1-7-10-12-14-16-18-20-22-24-26-28-30-32-34-36-38-40-42-44-46-53(56)60-49-52(50-61-64(58,59)63-51(9-3)48-55(4,5)6)62-54(57)47-45-43-41-39-37-35-33-31-29-27-25-23-21-19-17-15-13-11-8-2/h22-25,51-52H,7-21,26-50H2,1-6H3/p+1/t51?,52-/m1/s1. The number of phosphoric acid groups is 1. The first-order valence-corrected chi connectivity index (χ1v) is 28.5. The molecule has 0 fully saturated rings. The van der Waals surface area contributed by atoms with Gasteiger partial charge in [0.1, 0.15) is 19.3 Å². The maximum absolute atomic E-state index is 12.9. The van der Waals surface area contributed by atoms with Crippen molar-refractivity contribution < 1.29 is 42.1 Å². The summed E-state index contributed by atoms with van der Waals surface area (Å²) in [6.07, 6.45) is 50.8. The SMILES string of the molecule is CCCCCCCCC=CCCCCCCCCCCCC(=O)OC[C@H](COP(=O)(O)OC(CC)C[N+](C)(C)C)OC(=O)CCCCCCCCCCCC=CCCCCCCCC. The summed E-state index contributed by atoms with van der Waals surface area (Å²) in [6.45, 7) is 6.31. The van der Waals surface area contributed by atoms with Gasteiger partial charge in [0.05, 0.1) is 27.7 Å². The summed E-state index contributed by atoms with van der Waals surface area (Å²) in [4.78, 5) is 36.0. The number of unbranched alkanes of at least 4 members (excludes halogenated alkanes) is 30. The van der Waals surface area contributed by atoms with E-state index in [9.17, 15) is 19.0 Å². The Bertz CT molecular complexity index is 1150. The van der Waals surface area contributed by atoms with Gasteiger partial charge in [0.25, 0.3) is 0 Å². The predicted molar refractivity (Wildman–Crippen MR) is 271 cm³/mol. The van der Waals surface area contributed by atoms with Crippen molar-refractivity contribution in [2.45, 2.75) is 271 Å². The van der Waals surface area contributed by atoms with Gasteiger partial charge >= 0.3 is 19.8 Å². The molecule has 0 aromatic heterocycles. The number of phosphoric ester groups is 1. The first kappa shape index (κ1) is 62.5. The van der Waals surface area contributed by atoms with E-state index in [1.54, 1.807) is 0 Å². The van der Waals surface area contributed by atoms with Crippen LogP contribution in [0.4, 0.5) is 0 Å². The van der Waals surface area contributed by atoms with Gasteiger partial charge in [-0.25, -0.2) is 4.57 Å². The van der Waals surface area contributed by atoms with Gasteiger partial charge in [0, 0.05) is 12.8 Å². The molecule has 0 aliphatic heterocycles. The van der Waals surface area contributed by atoms with Crippen LogP contribution in [0.1, 0.15) is 258 Å². The van der Waals surface area contributed by atoms with E-state index in [1.807, 2.05) is 28.1 Å². The molecule has 0 amide bonds. The molecule has 64 heavy (non-hydrogen) atoms. The molecule has 0 saturated carbocycles. The molecule has 378 valence electrons. The second-order valence-corrected chi connectivity index (χ2v) is 21.1. The highest BCUT2D eigenvalue weighted by molar-refractivity contribution is 7.47. The molecule has 0 aromatic carbocycles. The molecule has 0 heterocycles. The van der Waals surface area contributed by atoms with Gasteiger partial charge < -0.3 is 18.9 Å². The van der Waals surface area contributed by atoms with Gasteiger partial charge in [-0.05, 0) is 70.6 Å². The highest BCUT2D eigenvalue weighted by Crippen LogP contribution is 2.45. The number of hydrogen-bond acceptors (Lipinski definition) is 7. The first-order chi connectivity index (χ1) is 30.9. The van der Waals surface area contributed by atoms with Crippen LogP contribution in [0.2, 0.25) is 0 Å². The summed E-state index contributed by atoms with van der Waals surface area (Å²) >= 11 is 0. The van der Waals surface area contributed by atoms with Gasteiger partial charge in [0.2, 0.25) is 0 Å². The van der Waals surface area contributed by atoms with E-state index in [-0.39, 0.29) is 25.4 Å². The Morgan fingerprint density at radius 2 is 0.828 bits per heavy atom. The number of carbonyl (C=O) groups is 2. The fraction of sp³-hybridized carbons (Fsp3) is 0.889. The zero-order chi connectivity index (χ0) is 47.3. The Balaban J connectivity index is 4.39. The summed E-state index contributed by atoms with van der Waals surface area (Å²) < 4.78 is 35.4. The van der Waals surface area contributed by atoms with Crippen molar-refractivity contribution in [3.8, 4) is 0 Å². The van der Waals surface area contributed by atoms with Gasteiger partial charge in [-0.15, -0.1) is 0 Å². The topological polar surface area (TPSA) is 108 Å². The molecule has 0 aliphatic carbocycles. The van der Waals surface area contributed by atoms with E-state index in [4.69, 9.17) is 18.5 Å². The third-order valence-electron chi connectivity index (χ3n) is 11.9. The number of ether oxygens (including phenoxy) is 2. The van der Waals surface area contributed by atoms with Crippen molar-refractivity contribution in [1.29, 1.82) is 0 Å². The lowest BCUT2D eigenvalue weighted by Gasteiger charge is -2.29. The van der Waals surface area contributed by atoms with E-state index < -0.39 is 32.6 Å². The second-order valence-electron chi connectivity index (χ2n) is 19.7. The first-order valence-electron chi connectivity index (χ1n) is 27.0. The monoisotopic (exact) mass is 927 g/mol. The number of carbonyl (C=O) groups excluding carboxylic acids is 2. The van der Waals surface area contributed by atoms with Crippen molar-refractivity contribution >= 4 is 19.8 Å². The average Bonchev–Trinajstić information content (AvgIpc) is 3.25. The van der Waals surface area contributed by atoms with Crippen molar-refractivity contribution in [1.82, 2.24) is 0 Å². The van der Waals surface area contributed by atoms with Crippen LogP contribution in [0.3, 0.4) is 0 Å². The fourth-order valence-corrected chi connectivity index (χ4v) is 8.97. The lowest BCUT2D eigenvalue weighted by atomic mass is 10.1. The molecule has 0 rings (SSSR count). The quantitative estimate of drug-likeness (QED) is 0.0211. The number of hydrogen-bond donors (Lipinski definition) is 1. The molecule has 0 radical (unpaired) electrons. The van der Waals surface area contributed by atoms with Crippen LogP contribution in [0.15, 0.2) is 24.3 Å². The molecule has 0 bridgehead atoms. The number of likely N-dealkylation sites (N-methyl/N-ethyl adjacent to an activating group) is 1. The van der Waals surface area contributed by atoms with Crippen molar-refractivity contribution in [2.75, 3.05) is 40.9 Å². The van der Waals surface area contributed by atoms with Crippen LogP contribution in [0, 0.1) is 0 Å². The van der Waals surface area contributed by atoms with E-state index in [0.717, 1.165) is 38.5 Å². The molecule has 0 aliphatic rings. The molecule has 3 atom stereocenters. The molecular weight excluding hydrogens is 822 g/mol. The molecule has 0 spiro atoms. The van der Waals surface area contributed by atoms with E-state index in [2.05, 4.69) is 38.2 Å². The molecule has 1 N–H and O–H groups in total. The lowest BCUT2D eigenvalue weighted by molar-refractivity contribution is -0.873. The van der Waals surface area contributed by atoms with Gasteiger partial charge in [-0.1, -0.05) is 199 Å². The van der Waals surface area contributed by atoms with Crippen LogP contribution < -0.4 is 0 Å². The maximum atomic E-state index is 12.9. The highest BCUT2D eigenvalue weighted by atomic mass is 31.2. The van der Waals surface area contributed by atoms with Gasteiger partial charge in [0.15, 0.2) is 6.10 Å². The summed E-state index contributed by atoms with van der Waals surface area (Å²) in [6, 6.07) is 0. The minimum Gasteiger partial charge on any atom is -0.462 e. The van der Waals surface area contributed by atoms with Crippen molar-refractivity contribution in [2.24, 2.45) is 0 Å². The number of nitrogens with zero attached hydrogens (tertiary/aromatic N) is 1. The number of allylic oxidation sites excluding steroid dienone is 4. The summed E-state index contributed by atoms with van der Waals surface area (Å²) in [7, 11) is 1.50. The Hall–Kier alpha value is -1.51. The normalized spacial score (nSPS) is 14.0. The Morgan fingerprint density at radius 3 is 1.19 bits per heavy atom. The van der Waals surface area contributed by atoms with E-state index in [0.29, 0.717) is 23.9 Å². The van der Waals surface area contributed by atoms with E-state index >= 15 is 0 Å². The van der Waals surface area contributed by atoms with E-state index in [1.165, 1.54) is 173 Å². The zero-order valence-electron chi connectivity index (χ0n) is 42.9. The van der Waals surface area contributed by atoms with Crippen LogP contribution >= 0.6 is 7.82 Å². The summed E-state index contributed by atoms with van der Waals surface area (Å²) in [5.74, 6) is -0.790. The van der Waals surface area contributed by atoms with Crippen LogP contribution in [0.5, 0.6) is 0 Å². The molecular formula is C54H105NO8P+. The third kappa shape index (κ3) is 47.0. The fourth-order valence-electron chi connectivity index (χ4n) is 7.96. The van der Waals surface area contributed by atoms with Gasteiger partial charge in [-0.3, -0.25) is 18.6 Å². The lowest BCUT2D eigenvalue weighted by Crippen LogP contribution is -2.42. The number of quaternary nitrogens is 1. The molecule has 0 aromatic rings.